The lowest BCUT2D eigenvalue weighted by Gasteiger charge is -2.03. The van der Waals surface area contributed by atoms with Crippen molar-refractivity contribution >= 4 is 5.78 Å². The van der Waals surface area contributed by atoms with Gasteiger partial charge in [0.05, 0.1) is 0 Å². The third-order valence-electron chi connectivity index (χ3n) is 1.61. The number of ether oxygens (including phenoxy) is 2. The van der Waals surface area contributed by atoms with Gasteiger partial charge in [0, 0.05) is 12.7 Å². The first-order valence-electron chi connectivity index (χ1n) is 4.27. The summed E-state index contributed by atoms with van der Waals surface area (Å²) in [6.07, 6.45) is 3.69. The van der Waals surface area contributed by atoms with Crippen LogP contribution in [0.4, 0.5) is 0 Å². The van der Waals surface area contributed by atoms with E-state index in [2.05, 4.69) is 6.92 Å². The van der Waals surface area contributed by atoms with Gasteiger partial charge in [-0.25, -0.2) is 0 Å². The largest absolute Gasteiger partial charge is 0.487 e. The summed E-state index contributed by atoms with van der Waals surface area (Å²) in [5.74, 6) is 0.695. The number of rotatable bonds is 5. The average Bonchev–Trinajstić information content (AvgIpc) is 2.45. The van der Waals surface area contributed by atoms with Crippen molar-refractivity contribution < 1.29 is 14.3 Å². The highest BCUT2D eigenvalue weighted by Gasteiger charge is 2.12. The Bertz CT molecular complexity index is 184. The smallest absolute Gasteiger partial charge is 0.196 e. The van der Waals surface area contributed by atoms with Crippen LogP contribution < -0.4 is 0 Å². The molecule has 0 bridgehead atoms. The Morgan fingerprint density at radius 2 is 2.50 bits per heavy atom. The van der Waals surface area contributed by atoms with Crippen molar-refractivity contribution in [2.75, 3.05) is 19.8 Å². The number of ketones is 1. The van der Waals surface area contributed by atoms with Crippen molar-refractivity contribution in [1.82, 2.24) is 0 Å². The van der Waals surface area contributed by atoms with Crippen LogP contribution in [0.3, 0.4) is 0 Å². The monoisotopic (exact) mass is 170 g/mol. The molecule has 3 heteroatoms. The molecule has 3 nitrogen and oxygen atoms in total. The molecule has 0 radical (unpaired) electrons. The number of carbonyl (C=O) groups excluding carboxylic acids is 1. The molecule has 0 saturated heterocycles. The summed E-state index contributed by atoms with van der Waals surface area (Å²) in [6, 6.07) is 0. The molecule has 1 heterocycles. The van der Waals surface area contributed by atoms with Gasteiger partial charge in [-0.15, -0.1) is 0 Å². The van der Waals surface area contributed by atoms with Crippen LogP contribution in [0.15, 0.2) is 11.8 Å². The molecule has 0 aromatic rings. The van der Waals surface area contributed by atoms with E-state index in [9.17, 15) is 4.79 Å². The summed E-state index contributed by atoms with van der Waals surface area (Å²) in [4.78, 5) is 10.7. The van der Waals surface area contributed by atoms with Crippen LogP contribution in [0.2, 0.25) is 0 Å². The molecule has 0 aromatic heterocycles. The third kappa shape index (κ3) is 3.05. The molecule has 12 heavy (non-hydrogen) atoms. The summed E-state index contributed by atoms with van der Waals surface area (Å²) in [5, 5.41) is 0. The molecule has 0 atom stereocenters. The molecular weight excluding hydrogens is 156 g/mol. The van der Waals surface area contributed by atoms with Gasteiger partial charge in [-0.3, -0.25) is 4.79 Å². The van der Waals surface area contributed by atoms with Crippen molar-refractivity contribution in [3.63, 3.8) is 0 Å². The molecule has 0 spiro atoms. The second-order valence-electron chi connectivity index (χ2n) is 2.77. The van der Waals surface area contributed by atoms with Gasteiger partial charge < -0.3 is 9.47 Å². The molecule has 68 valence electrons. The average molecular weight is 170 g/mol. The predicted octanol–water partition coefficient (Wildman–Crippen LogP) is 1.29. The first kappa shape index (κ1) is 9.26. The molecule has 1 aliphatic heterocycles. The molecule has 0 aromatic carbocycles. The number of hydrogen-bond acceptors (Lipinski definition) is 3. The highest BCUT2D eigenvalue weighted by molar-refractivity contribution is 5.93. The van der Waals surface area contributed by atoms with Crippen LogP contribution >= 0.6 is 0 Å². The standard InChI is InChI=1S/C9H14O3/c1-2-3-4-11-7-9-5-8(10)6-12-9/h5H,2-4,6-7H2,1H3. The first-order valence-corrected chi connectivity index (χ1v) is 4.27. The summed E-state index contributed by atoms with van der Waals surface area (Å²) >= 11 is 0. The van der Waals surface area contributed by atoms with Gasteiger partial charge in [0.1, 0.15) is 12.4 Å². The van der Waals surface area contributed by atoms with Crippen LogP contribution in [-0.4, -0.2) is 25.6 Å². The van der Waals surface area contributed by atoms with E-state index >= 15 is 0 Å². The maximum Gasteiger partial charge on any atom is 0.196 e. The molecule has 0 N–H and O–H groups in total. The Labute approximate surface area is 72.4 Å². The van der Waals surface area contributed by atoms with Crippen LogP contribution in [0, 0.1) is 0 Å². The van der Waals surface area contributed by atoms with Crippen molar-refractivity contribution in [3.8, 4) is 0 Å². The fourth-order valence-corrected chi connectivity index (χ4v) is 0.929. The molecule has 0 saturated carbocycles. The molecule has 0 amide bonds. The van der Waals surface area contributed by atoms with Gasteiger partial charge in [0.15, 0.2) is 12.4 Å². The lowest BCUT2D eigenvalue weighted by Crippen LogP contribution is -2.00. The van der Waals surface area contributed by atoms with E-state index in [0.717, 1.165) is 19.4 Å². The zero-order valence-electron chi connectivity index (χ0n) is 7.34. The van der Waals surface area contributed by atoms with Crippen LogP contribution in [0.5, 0.6) is 0 Å². The van der Waals surface area contributed by atoms with Gasteiger partial charge in [-0.1, -0.05) is 13.3 Å². The maximum absolute atomic E-state index is 10.7. The highest BCUT2D eigenvalue weighted by Crippen LogP contribution is 2.06. The Hall–Kier alpha value is -0.830. The predicted molar refractivity (Wildman–Crippen MR) is 44.8 cm³/mol. The van der Waals surface area contributed by atoms with Crippen molar-refractivity contribution in [2.45, 2.75) is 19.8 Å². The van der Waals surface area contributed by atoms with Crippen molar-refractivity contribution in [3.05, 3.63) is 11.8 Å². The first-order chi connectivity index (χ1) is 5.83. The lowest BCUT2D eigenvalue weighted by atomic mass is 10.3. The Morgan fingerprint density at radius 1 is 1.67 bits per heavy atom. The number of hydrogen-bond donors (Lipinski definition) is 0. The second-order valence-corrected chi connectivity index (χ2v) is 2.77. The van der Waals surface area contributed by atoms with Crippen LogP contribution in [0.25, 0.3) is 0 Å². The van der Waals surface area contributed by atoms with Gasteiger partial charge in [0.2, 0.25) is 0 Å². The normalized spacial score (nSPS) is 16.1. The van der Waals surface area contributed by atoms with E-state index in [1.807, 2.05) is 0 Å². The summed E-state index contributed by atoms with van der Waals surface area (Å²) < 4.78 is 10.3. The van der Waals surface area contributed by atoms with Crippen molar-refractivity contribution in [1.29, 1.82) is 0 Å². The number of unbranched alkanes of at least 4 members (excludes halogenated alkanes) is 1. The lowest BCUT2D eigenvalue weighted by molar-refractivity contribution is -0.115. The van der Waals surface area contributed by atoms with Gasteiger partial charge in [0.25, 0.3) is 0 Å². The van der Waals surface area contributed by atoms with Gasteiger partial charge in [-0.2, -0.15) is 0 Å². The summed E-state index contributed by atoms with van der Waals surface area (Å²) in [6.45, 7) is 3.47. The quantitative estimate of drug-likeness (QED) is 0.583. The zero-order valence-corrected chi connectivity index (χ0v) is 7.34. The minimum Gasteiger partial charge on any atom is -0.487 e. The SMILES string of the molecule is CCCCOCC1=CC(=O)CO1. The zero-order chi connectivity index (χ0) is 8.81. The summed E-state index contributed by atoms with van der Waals surface area (Å²) in [5.41, 5.74) is 0. The highest BCUT2D eigenvalue weighted by atomic mass is 16.5. The molecule has 0 aliphatic carbocycles. The fraction of sp³-hybridized carbons (Fsp3) is 0.667. The van der Waals surface area contributed by atoms with Crippen molar-refractivity contribution in [2.24, 2.45) is 0 Å². The Kier molecular flexibility index (Phi) is 3.80. The Balaban J connectivity index is 2.07. The van der Waals surface area contributed by atoms with Gasteiger partial charge >= 0.3 is 0 Å². The fourth-order valence-electron chi connectivity index (χ4n) is 0.929. The van der Waals surface area contributed by atoms with E-state index < -0.39 is 0 Å². The number of carbonyl (C=O) groups is 1. The molecular formula is C9H14O3. The second kappa shape index (κ2) is 4.93. The maximum atomic E-state index is 10.7. The van der Waals surface area contributed by atoms with Gasteiger partial charge in [-0.05, 0) is 6.42 Å². The van der Waals surface area contributed by atoms with E-state index in [1.165, 1.54) is 6.08 Å². The summed E-state index contributed by atoms with van der Waals surface area (Å²) in [7, 11) is 0. The minimum absolute atomic E-state index is 0.0316. The van der Waals surface area contributed by atoms with Crippen LogP contribution in [0.1, 0.15) is 19.8 Å². The molecule has 0 unspecified atom stereocenters. The van der Waals surface area contributed by atoms with Crippen LogP contribution in [-0.2, 0) is 14.3 Å². The topological polar surface area (TPSA) is 35.5 Å². The molecule has 1 aliphatic rings. The molecule has 1 rings (SSSR count). The Morgan fingerprint density at radius 3 is 3.08 bits per heavy atom. The van der Waals surface area contributed by atoms with E-state index in [-0.39, 0.29) is 12.4 Å². The third-order valence-corrected chi connectivity index (χ3v) is 1.61. The minimum atomic E-state index is 0.0316. The van der Waals surface area contributed by atoms with E-state index in [1.54, 1.807) is 0 Å². The van der Waals surface area contributed by atoms with E-state index in [4.69, 9.17) is 9.47 Å². The van der Waals surface area contributed by atoms with E-state index in [0.29, 0.717) is 12.4 Å². The molecule has 0 fully saturated rings.